The molecule has 1 aromatic rings. The predicted molar refractivity (Wildman–Crippen MR) is 66.1 cm³/mol. The van der Waals surface area contributed by atoms with Crippen LogP contribution in [0.1, 0.15) is 30.7 Å². The van der Waals surface area contributed by atoms with Crippen LogP contribution in [0.15, 0.2) is 18.2 Å². The first-order valence-electron chi connectivity index (χ1n) is 6.11. The number of amides is 1. The quantitative estimate of drug-likeness (QED) is 0.822. The fourth-order valence-electron chi connectivity index (χ4n) is 2.27. The van der Waals surface area contributed by atoms with Crippen molar-refractivity contribution in [1.29, 1.82) is 0 Å². The lowest BCUT2D eigenvalue weighted by atomic mass is 10.1. The fourth-order valence-corrected chi connectivity index (χ4v) is 2.27. The smallest absolute Gasteiger partial charge is 0.223 e. The molecule has 2 rings (SSSR count). The second-order valence-electron chi connectivity index (χ2n) is 4.76. The highest BCUT2D eigenvalue weighted by Gasteiger charge is 2.27. The Labute approximate surface area is 102 Å². The zero-order valence-electron chi connectivity index (χ0n) is 10.1. The monoisotopic (exact) mass is 233 g/mol. The lowest BCUT2D eigenvalue weighted by Gasteiger charge is -2.10. The standard InChI is InChI=1S/C13H19N3O/c1-9-3-2-4-12(16-9)8-15-13(17)10-5-6-11(14)7-10/h2-4,10-11H,5-8,14H2,1H3,(H,15,17). The Balaban J connectivity index is 1.84. The third-order valence-electron chi connectivity index (χ3n) is 3.23. The molecule has 0 saturated heterocycles. The molecule has 4 nitrogen and oxygen atoms in total. The molecule has 1 heterocycles. The van der Waals surface area contributed by atoms with Gasteiger partial charge in [-0.1, -0.05) is 6.07 Å². The van der Waals surface area contributed by atoms with Crippen LogP contribution in [0.5, 0.6) is 0 Å². The van der Waals surface area contributed by atoms with E-state index < -0.39 is 0 Å². The molecule has 4 heteroatoms. The average Bonchev–Trinajstić information content (AvgIpc) is 2.73. The van der Waals surface area contributed by atoms with E-state index in [1.54, 1.807) is 0 Å². The van der Waals surface area contributed by atoms with Crippen LogP contribution >= 0.6 is 0 Å². The van der Waals surface area contributed by atoms with Gasteiger partial charge in [0.25, 0.3) is 0 Å². The van der Waals surface area contributed by atoms with E-state index in [1.165, 1.54) is 0 Å². The summed E-state index contributed by atoms with van der Waals surface area (Å²) in [6, 6.07) is 6.02. The number of hydrogen-bond acceptors (Lipinski definition) is 3. The highest BCUT2D eigenvalue weighted by Crippen LogP contribution is 2.24. The van der Waals surface area contributed by atoms with Gasteiger partial charge in [-0.05, 0) is 38.3 Å². The van der Waals surface area contributed by atoms with Crippen molar-refractivity contribution in [3.63, 3.8) is 0 Å². The minimum atomic E-state index is 0.0924. The van der Waals surface area contributed by atoms with Crippen LogP contribution in [0.25, 0.3) is 0 Å². The summed E-state index contributed by atoms with van der Waals surface area (Å²) in [7, 11) is 0. The fraction of sp³-hybridized carbons (Fsp3) is 0.538. The van der Waals surface area contributed by atoms with Crippen molar-refractivity contribution in [3.05, 3.63) is 29.6 Å². The van der Waals surface area contributed by atoms with Crippen molar-refractivity contribution in [2.24, 2.45) is 11.7 Å². The summed E-state index contributed by atoms with van der Waals surface area (Å²) in [4.78, 5) is 16.2. The largest absolute Gasteiger partial charge is 0.350 e. The number of nitrogens with one attached hydrogen (secondary N) is 1. The number of nitrogens with zero attached hydrogens (tertiary/aromatic N) is 1. The minimum Gasteiger partial charge on any atom is -0.350 e. The number of pyridine rings is 1. The summed E-state index contributed by atoms with van der Waals surface area (Å²) in [6.45, 7) is 2.45. The molecule has 0 aliphatic heterocycles. The molecule has 92 valence electrons. The number of aromatic nitrogens is 1. The summed E-state index contributed by atoms with van der Waals surface area (Å²) in [5.41, 5.74) is 7.67. The van der Waals surface area contributed by atoms with Gasteiger partial charge in [-0.3, -0.25) is 9.78 Å². The van der Waals surface area contributed by atoms with Gasteiger partial charge in [0.1, 0.15) is 0 Å². The van der Waals surface area contributed by atoms with E-state index in [-0.39, 0.29) is 17.9 Å². The van der Waals surface area contributed by atoms with Crippen molar-refractivity contribution in [2.75, 3.05) is 0 Å². The molecular formula is C13H19N3O. The number of rotatable bonds is 3. The second-order valence-corrected chi connectivity index (χ2v) is 4.76. The van der Waals surface area contributed by atoms with E-state index in [0.717, 1.165) is 30.7 Å². The molecule has 1 amide bonds. The number of hydrogen-bond donors (Lipinski definition) is 2. The first kappa shape index (κ1) is 12.0. The van der Waals surface area contributed by atoms with Crippen LogP contribution in [0, 0.1) is 12.8 Å². The molecule has 0 spiro atoms. The molecule has 1 aliphatic rings. The number of nitrogens with two attached hydrogens (primary N) is 1. The first-order valence-corrected chi connectivity index (χ1v) is 6.11. The van der Waals surface area contributed by atoms with Gasteiger partial charge in [0.05, 0.1) is 12.2 Å². The van der Waals surface area contributed by atoms with Gasteiger partial charge in [0.15, 0.2) is 0 Å². The molecule has 0 radical (unpaired) electrons. The summed E-state index contributed by atoms with van der Waals surface area (Å²) in [5.74, 6) is 0.205. The topological polar surface area (TPSA) is 68.0 Å². The van der Waals surface area contributed by atoms with Crippen LogP contribution in [0.2, 0.25) is 0 Å². The average molecular weight is 233 g/mol. The van der Waals surface area contributed by atoms with Crippen molar-refractivity contribution in [2.45, 2.75) is 38.8 Å². The van der Waals surface area contributed by atoms with E-state index >= 15 is 0 Å². The Kier molecular flexibility index (Phi) is 3.74. The Morgan fingerprint density at radius 3 is 3.00 bits per heavy atom. The Hall–Kier alpha value is -1.42. The zero-order valence-corrected chi connectivity index (χ0v) is 10.1. The van der Waals surface area contributed by atoms with Gasteiger partial charge >= 0.3 is 0 Å². The van der Waals surface area contributed by atoms with Gasteiger partial charge in [-0.2, -0.15) is 0 Å². The van der Waals surface area contributed by atoms with Crippen LogP contribution in [-0.4, -0.2) is 16.9 Å². The van der Waals surface area contributed by atoms with Crippen molar-refractivity contribution >= 4 is 5.91 Å². The molecule has 2 unspecified atom stereocenters. The minimum absolute atomic E-state index is 0.0924. The molecule has 0 aromatic carbocycles. The SMILES string of the molecule is Cc1cccc(CNC(=O)C2CCC(N)C2)n1. The maximum Gasteiger partial charge on any atom is 0.223 e. The maximum atomic E-state index is 11.9. The first-order chi connectivity index (χ1) is 8.15. The van der Waals surface area contributed by atoms with E-state index in [0.29, 0.717) is 6.54 Å². The molecule has 1 saturated carbocycles. The molecule has 1 fully saturated rings. The normalized spacial score (nSPS) is 23.6. The molecule has 3 N–H and O–H groups in total. The zero-order chi connectivity index (χ0) is 12.3. The predicted octanol–water partition coefficient (Wildman–Crippen LogP) is 1.13. The maximum absolute atomic E-state index is 11.9. The molecule has 2 atom stereocenters. The molecule has 1 aromatic heterocycles. The Bertz CT molecular complexity index is 405. The van der Waals surface area contributed by atoms with Crippen molar-refractivity contribution < 1.29 is 4.79 Å². The number of aryl methyl sites for hydroxylation is 1. The third-order valence-corrected chi connectivity index (χ3v) is 3.23. The second kappa shape index (κ2) is 5.27. The van der Waals surface area contributed by atoms with Crippen molar-refractivity contribution in [1.82, 2.24) is 10.3 Å². The Morgan fingerprint density at radius 1 is 1.53 bits per heavy atom. The van der Waals surface area contributed by atoms with E-state index in [9.17, 15) is 4.79 Å². The van der Waals surface area contributed by atoms with E-state index in [4.69, 9.17) is 5.73 Å². The van der Waals surface area contributed by atoms with Crippen LogP contribution in [0.4, 0.5) is 0 Å². The highest BCUT2D eigenvalue weighted by molar-refractivity contribution is 5.78. The van der Waals surface area contributed by atoms with Crippen molar-refractivity contribution in [3.8, 4) is 0 Å². The van der Waals surface area contributed by atoms with E-state index in [2.05, 4.69) is 10.3 Å². The van der Waals surface area contributed by atoms with Crippen LogP contribution < -0.4 is 11.1 Å². The van der Waals surface area contributed by atoms with Crippen LogP contribution in [0.3, 0.4) is 0 Å². The Morgan fingerprint density at radius 2 is 2.35 bits per heavy atom. The third kappa shape index (κ3) is 3.27. The van der Waals surface area contributed by atoms with Gasteiger partial charge in [0, 0.05) is 17.7 Å². The summed E-state index contributed by atoms with van der Waals surface area (Å²) < 4.78 is 0. The lowest BCUT2D eigenvalue weighted by Crippen LogP contribution is -2.30. The van der Waals surface area contributed by atoms with Crippen LogP contribution in [-0.2, 0) is 11.3 Å². The lowest BCUT2D eigenvalue weighted by molar-refractivity contribution is -0.125. The molecule has 0 bridgehead atoms. The summed E-state index contributed by atoms with van der Waals surface area (Å²) >= 11 is 0. The van der Waals surface area contributed by atoms with Gasteiger partial charge in [-0.25, -0.2) is 0 Å². The number of carbonyl (C=O) groups excluding carboxylic acids is 1. The van der Waals surface area contributed by atoms with Gasteiger partial charge < -0.3 is 11.1 Å². The summed E-state index contributed by atoms with van der Waals surface area (Å²) in [6.07, 6.45) is 2.68. The highest BCUT2D eigenvalue weighted by atomic mass is 16.1. The van der Waals surface area contributed by atoms with E-state index in [1.807, 2.05) is 25.1 Å². The summed E-state index contributed by atoms with van der Waals surface area (Å²) in [5, 5.41) is 2.93. The molecular weight excluding hydrogens is 214 g/mol. The molecule has 1 aliphatic carbocycles. The number of carbonyl (C=O) groups is 1. The van der Waals surface area contributed by atoms with Gasteiger partial charge in [0.2, 0.25) is 5.91 Å². The molecule has 17 heavy (non-hydrogen) atoms. The van der Waals surface area contributed by atoms with Gasteiger partial charge in [-0.15, -0.1) is 0 Å².